The van der Waals surface area contributed by atoms with Crippen molar-refractivity contribution < 1.29 is 17.6 Å². The molecular formula is C12H13F4N. The van der Waals surface area contributed by atoms with Crippen LogP contribution in [0.4, 0.5) is 17.6 Å². The van der Waals surface area contributed by atoms with Crippen molar-refractivity contribution in [1.82, 2.24) is 5.32 Å². The summed E-state index contributed by atoms with van der Waals surface area (Å²) in [6.07, 6.45) is -3.32. The Balaban J connectivity index is 2.23. The van der Waals surface area contributed by atoms with Gasteiger partial charge in [-0.25, -0.2) is 4.39 Å². The van der Waals surface area contributed by atoms with Gasteiger partial charge in [0.05, 0.1) is 5.56 Å². The first-order chi connectivity index (χ1) is 7.92. The van der Waals surface area contributed by atoms with Crippen LogP contribution in [0, 0.1) is 0 Å². The van der Waals surface area contributed by atoms with Crippen LogP contribution in [-0.4, -0.2) is 13.1 Å². The Morgan fingerprint density at radius 3 is 2.24 bits per heavy atom. The Kier molecular flexibility index (Phi) is 3.12. The number of rotatable bonds is 1. The number of hydrogen-bond acceptors (Lipinski definition) is 1. The third kappa shape index (κ3) is 2.60. The van der Waals surface area contributed by atoms with Gasteiger partial charge in [0.1, 0.15) is 5.67 Å². The third-order valence-corrected chi connectivity index (χ3v) is 3.06. The SMILES string of the molecule is FC(F)(F)c1ccc(C2(F)CCCNC2)cc1. The lowest BCUT2D eigenvalue weighted by Gasteiger charge is -2.30. The maximum atomic E-state index is 14.4. The topological polar surface area (TPSA) is 12.0 Å². The van der Waals surface area contributed by atoms with Crippen molar-refractivity contribution in [3.05, 3.63) is 35.4 Å². The molecule has 0 saturated carbocycles. The average Bonchev–Trinajstić information content (AvgIpc) is 2.29. The summed E-state index contributed by atoms with van der Waals surface area (Å²) in [7, 11) is 0. The highest BCUT2D eigenvalue weighted by Crippen LogP contribution is 2.35. The van der Waals surface area contributed by atoms with Gasteiger partial charge in [-0.2, -0.15) is 13.2 Å². The predicted molar refractivity (Wildman–Crippen MR) is 56.3 cm³/mol. The molecule has 0 spiro atoms. The molecule has 0 radical (unpaired) electrons. The van der Waals surface area contributed by atoms with E-state index in [-0.39, 0.29) is 6.54 Å². The number of halogens is 4. The molecule has 1 aromatic rings. The number of piperidine rings is 1. The van der Waals surface area contributed by atoms with E-state index in [0.29, 0.717) is 18.4 Å². The zero-order valence-electron chi connectivity index (χ0n) is 9.15. The van der Waals surface area contributed by atoms with Crippen LogP contribution in [0.1, 0.15) is 24.0 Å². The molecule has 1 nitrogen and oxygen atoms in total. The smallest absolute Gasteiger partial charge is 0.313 e. The van der Waals surface area contributed by atoms with Gasteiger partial charge in [-0.3, -0.25) is 0 Å². The summed E-state index contributed by atoms with van der Waals surface area (Å²) in [6.45, 7) is 0.921. The van der Waals surface area contributed by atoms with Gasteiger partial charge in [0.25, 0.3) is 0 Å². The maximum Gasteiger partial charge on any atom is 0.416 e. The Morgan fingerprint density at radius 1 is 1.12 bits per heavy atom. The number of benzene rings is 1. The van der Waals surface area contributed by atoms with E-state index in [1.807, 2.05) is 0 Å². The van der Waals surface area contributed by atoms with Gasteiger partial charge in [0, 0.05) is 6.54 Å². The summed E-state index contributed by atoms with van der Waals surface area (Å²) in [5.74, 6) is 0. The monoisotopic (exact) mass is 247 g/mol. The Bertz CT molecular complexity index is 376. The fraction of sp³-hybridized carbons (Fsp3) is 0.500. The van der Waals surface area contributed by atoms with Crippen molar-refractivity contribution in [3.63, 3.8) is 0 Å². The molecule has 1 atom stereocenters. The molecule has 1 unspecified atom stereocenters. The van der Waals surface area contributed by atoms with E-state index < -0.39 is 17.4 Å². The van der Waals surface area contributed by atoms with Gasteiger partial charge in [0.2, 0.25) is 0 Å². The molecule has 1 aliphatic heterocycles. The lowest BCUT2D eigenvalue weighted by Crippen LogP contribution is -2.40. The van der Waals surface area contributed by atoms with Crippen LogP contribution in [0.15, 0.2) is 24.3 Å². The molecule has 1 saturated heterocycles. The van der Waals surface area contributed by atoms with Gasteiger partial charge in [-0.1, -0.05) is 12.1 Å². The van der Waals surface area contributed by atoms with Crippen molar-refractivity contribution in [1.29, 1.82) is 0 Å². The molecule has 0 aliphatic carbocycles. The molecule has 1 N–H and O–H groups in total. The highest BCUT2D eigenvalue weighted by molar-refractivity contribution is 5.29. The van der Waals surface area contributed by atoms with E-state index in [9.17, 15) is 17.6 Å². The molecule has 0 amide bonds. The quantitative estimate of drug-likeness (QED) is 0.751. The molecule has 1 heterocycles. The minimum Gasteiger partial charge on any atom is -0.313 e. The molecule has 2 rings (SSSR count). The predicted octanol–water partition coefficient (Wildman–Crippen LogP) is 3.25. The normalized spacial score (nSPS) is 25.9. The summed E-state index contributed by atoms with van der Waals surface area (Å²) in [4.78, 5) is 0. The summed E-state index contributed by atoms with van der Waals surface area (Å²) in [6, 6.07) is 4.34. The lowest BCUT2D eigenvalue weighted by atomic mass is 9.88. The fourth-order valence-corrected chi connectivity index (χ4v) is 2.07. The first-order valence-corrected chi connectivity index (χ1v) is 5.49. The first kappa shape index (κ1) is 12.4. The highest BCUT2D eigenvalue weighted by Gasteiger charge is 2.35. The van der Waals surface area contributed by atoms with Crippen LogP contribution < -0.4 is 5.32 Å². The zero-order valence-corrected chi connectivity index (χ0v) is 9.15. The van der Waals surface area contributed by atoms with Crippen LogP contribution in [0.3, 0.4) is 0 Å². The molecule has 17 heavy (non-hydrogen) atoms. The van der Waals surface area contributed by atoms with Crippen molar-refractivity contribution in [3.8, 4) is 0 Å². The van der Waals surface area contributed by atoms with E-state index in [2.05, 4.69) is 5.32 Å². The van der Waals surface area contributed by atoms with Crippen LogP contribution in [0.2, 0.25) is 0 Å². The molecule has 1 fully saturated rings. The van der Waals surface area contributed by atoms with E-state index in [1.54, 1.807) is 0 Å². The zero-order chi connectivity index (χ0) is 12.5. The lowest BCUT2D eigenvalue weighted by molar-refractivity contribution is -0.137. The molecule has 1 aliphatic rings. The van der Waals surface area contributed by atoms with Crippen molar-refractivity contribution in [2.75, 3.05) is 13.1 Å². The van der Waals surface area contributed by atoms with Crippen LogP contribution in [0.25, 0.3) is 0 Å². The second kappa shape index (κ2) is 4.29. The molecule has 1 aromatic carbocycles. The summed E-state index contributed by atoms with van der Waals surface area (Å²) in [5, 5.41) is 2.92. The third-order valence-electron chi connectivity index (χ3n) is 3.06. The minimum atomic E-state index is -4.37. The van der Waals surface area contributed by atoms with Crippen LogP contribution in [-0.2, 0) is 11.8 Å². The van der Waals surface area contributed by atoms with Crippen molar-refractivity contribution in [2.24, 2.45) is 0 Å². The highest BCUT2D eigenvalue weighted by atomic mass is 19.4. The Labute approximate surface area is 96.8 Å². The molecule has 94 valence electrons. The molecule has 0 bridgehead atoms. The van der Waals surface area contributed by atoms with Gasteiger partial charge in [-0.05, 0) is 37.1 Å². The van der Waals surface area contributed by atoms with E-state index in [0.717, 1.165) is 18.7 Å². The van der Waals surface area contributed by atoms with Crippen LogP contribution in [0.5, 0.6) is 0 Å². The molecule has 5 heteroatoms. The Hall–Kier alpha value is -1.10. The standard InChI is InChI=1S/C12H13F4N/c13-11(6-1-7-17-8-11)9-2-4-10(5-3-9)12(14,15)16/h2-5,17H,1,6-8H2. The minimum absolute atomic E-state index is 0.165. The number of nitrogens with one attached hydrogen (secondary N) is 1. The second-order valence-corrected chi connectivity index (χ2v) is 4.32. The summed E-state index contributed by atoms with van der Waals surface area (Å²) >= 11 is 0. The van der Waals surface area contributed by atoms with Gasteiger partial charge < -0.3 is 5.32 Å². The van der Waals surface area contributed by atoms with E-state index in [4.69, 9.17) is 0 Å². The van der Waals surface area contributed by atoms with Crippen LogP contribution >= 0.6 is 0 Å². The van der Waals surface area contributed by atoms with Gasteiger partial charge >= 0.3 is 6.18 Å². The molecular weight excluding hydrogens is 234 g/mol. The number of hydrogen-bond donors (Lipinski definition) is 1. The molecule has 0 aromatic heterocycles. The number of alkyl halides is 4. The largest absolute Gasteiger partial charge is 0.416 e. The second-order valence-electron chi connectivity index (χ2n) is 4.32. The first-order valence-electron chi connectivity index (χ1n) is 5.49. The maximum absolute atomic E-state index is 14.4. The Morgan fingerprint density at radius 2 is 1.76 bits per heavy atom. The van der Waals surface area contributed by atoms with E-state index in [1.165, 1.54) is 12.1 Å². The fourth-order valence-electron chi connectivity index (χ4n) is 2.07. The summed E-state index contributed by atoms with van der Waals surface area (Å²) in [5.41, 5.74) is -1.96. The average molecular weight is 247 g/mol. The van der Waals surface area contributed by atoms with E-state index >= 15 is 0 Å². The van der Waals surface area contributed by atoms with Gasteiger partial charge in [0.15, 0.2) is 0 Å². The van der Waals surface area contributed by atoms with Crippen molar-refractivity contribution >= 4 is 0 Å². The van der Waals surface area contributed by atoms with Crippen molar-refractivity contribution in [2.45, 2.75) is 24.7 Å². The summed E-state index contributed by atoms with van der Waals surface area (Å²) < 4.78 is 51.4. The van der Waals surface area contributed by atoms with Gasteiger partial charge in [-0.15, -0.1) is 0 Å².